The van der Waals surface area contributed by atoms with E-state index in [1.54, 1.807) is 0 Å². The van der Waals surface area contributed by atoms with Crippen molar-refractivity contribution in [2.24, 2.45) is 0 Å². The number of rotatable bonds is 3. The zero-order valence-electron chi connectivity index (χ0n) is 13.9. The lowest BCUT2D eigenvalue weighted by atomic mass is 10.1. The Morgan fingerprint density at radius 1 is 1.00 bits per heavy atom. The molecule has 3 rings (SSSR count). The molecular formula is C19H19N3OS. The van der Waals surface area contributed by atoms with E-state index >= 15 is 0 Å². The highest BCUT2D eigenvalue weighted by atomic mass is 32.1. The maximum Gasteiger partial charge on any atom is 0.325 e. The Kier molecular flexibility index (Phi) is 4.62. The van der Waals surface area contributed by atoms with Crippen LogP contribution in [-0.2, 0) is 0 Å². The zero-order valence-corrected chi connectivity index (χ0v) is 14.7. The molecule has 2 N–H and O–H groups in total. The molecule has 1 heterocycles. The first kappa shape index (κ1) is 16.2. The van der Waals surface area contributed by atoms with Gasteiger partial charge in [0.1, 0.15) is 0 Å². The number of nitrogens with one attached hydrogen (secondary N) is 2. The molecule has 2 aromatic carbocycles. The number of carbonyl (C=O) groups is 1. The van der Waals surface area contributed by atoms with Crippen LogP contribution >= 0.6 is 11.3 Å². The number of hydrogen-bond donors (Lipinski definition) is 2. The summed E-state index contributed by atoms with van der Waals surface area (Å²) in [6.45, 7) is 6.15. The summed E-state index contributed by atoms with van der Waals surface area (Å²) in [6.07, 6.45) is 0. The molecule has 5 heteroatoms. The highest BCUT2D eigenvalue weighted by Gasteiger charge is 2.09. The molecule has 3 aromatic rings. The monoisotopic (exact) mass is 337 g/mol. The van der Waals surface area contributed by atoms with E-state index in [0.29, 0.717) is 5.13 Å². The number of hydrogen-bond acceptors (Lipinski definition) is 3. The standard InChI is InChI=1S/C19H19N3OS/c1-12-5-4-6-16(9-12)20-18(23)22-19-21-17(11-24-19)15-8-7-13(2)14(3)10-15/h4-11H,1-3H3,(H2,20,21,22,23). The van der Waals surface area contributed by atoms with E-state index in [1.165, 1.54) is 22.5 Å². The number of benzene rings is 2. The van der Waals surface area contributed by atoms with Crippen molar-refractivity contribution >= 4 is 28.2 Å². The maximum absolute atomic E-state index is 12.1. The van der Waals surface area contributed by atoms with E-state index in [0.717, 1.165) is 22.5 Å². The average molecular weight is 337 g/mol. The summed E-state index contributed by atoms with van der Waals surface area (Å²) in [7, 11) is 0. The fourth-order valence-electron chi connectivity index (χ4n) is 2.35. The Bertz CT molecular complexity index is 886. The third-order valence-corrected chi connectivity index (χ3v) is 4.56. The van der Waals surface area contributed by atoms with Gasteiger partial charge >= 0.3 is 6.03 Å². The van der Waals surface area contributed by atoms with E-state index in [-0.39, 0.29) is 6.03 Å². The predicted octanol–water partition coefficient (Wildman–Crippen LogP) is 5.38. The third kappa shape index (κ3) is 3.81. The number of anilines is 2. The molecule has 0 unspecified atom stereocenters. The molecule has 0 spiro atoms. The van der Waals surface area contributed by atoms with Crippen molar-refractivity contribution in [3.8, 4) is 11.3 Å². The number of thiazole rings is 1. The number of amides is 2. The van der Waals surface area contributed by atoms with Gasteiger partial charge in [-0.2, -0.15) is 0 Å². The SMILES string of the molecule is Cc1cccc(NC(=O)Nc2nc(-c3ccc(C)c(C)c3)cs2)c1. The zero-order chi connectivity index (χ0) is 17.1. The number of aromatic nitrogens is 1. The molecule has 122 valence electrons. The van der Waals surface area contributed by atoms with E-state index in [2.05, 4.69) is 41.6 Å². The summed E-state index contributed by atoms with van der Waals surface area (Å²) in [5.41, 5.74) is 6.27. The van der Waals surface area contributed by atoms with E-state index in [9.17, 15) is 4.79 Å². The largest absolute Gasteiger partial charge is 0.325 e. The molecular weight excluding hydrogens is 318 g/mol. The summed E-state index contributed by atoms with van der Waals surface area (Å²) in [4.78, 5) is 16.6. The van der Waals surface area contributed by atoms with Crippen LogP contribution in [0.4, 0.5) is 15.6 Å². The lowest BCUT2D eigenvalue weighted by Crippen LogP contribution is -2.19. The van der Waals surface area contributed by atoms with Crippen molar-refractivity contribution < 1.29 is 4.79 Å². The minimum atomic E-state index is -0.290. The van der Waals surface area contributed by atoms with Gasteiger partial charge in [0.25, 0.3) is 0 Å². The van der Waals surface area contributed by atoms with Gasteiger partial charge in [-0.25, -0.2) is 9.78 Å². The number of urea groups is 1. The Morgan fingerprint density at radius 2 is 1.83 bits per heavy atom. The van der Waals surface area contributed by atoms with Crippen molar-refractivity contribution in [2.45, 2.75) is 20.8 Å². The van der Waals surface area contributed by atoms with E-state index < -0.39 is 0 Å². The highest BCUT2D eigenvalue weighted by molar-refractivity contribution is 7.14. The molecule has 0 aliphatic rings. The first-order valence-electron chi connectivity index (χ1n) is 7.69. The molecule has 0 bridgehead atoms. The fourth-order valence-corrected chi connectivity index (χ4v) is 3.06. The van der Waals surface area contributed by atoms with Gasteiger partial charge in [-0.3, -0.25) is 5.32 Å². The molecule has 0 aliphatic heterocycles. The first-order valence-corrected chi connectivity index (χ1v) is 8.57. The summed E-state index contributed by atoms with van der Waals surface area (Å²) < 4.78 is 0. The van der Waals surface area contributed by atoms with E-state index in [4.69, 9.17) is 0 Å². The normalized spacial score (nSPS) is 10.5. The summed E-state index contributed by atoms with van der Waals surface area (Å²) >= 11 is 1.41. The van der Waals surface area contributed by atoms with Crippen molar-refractivity contribution in [3.63, 3.8) is 0 Å². The molecule has 0 atom stereocenters. The summed E-state index contributed by atoms with van der Waals surface area (Å²) in [5, 5.41) is 8.12. The Balaban J connectivity index is 1.69. The van der Waals surface area contributed by atoms with Gasteiger partial charge in [-0.05, 0) is 55.7 Å². The lowest BCUT2D eigenvalue weighted by Gasteiger charge is -2.06. The Morgan fingerprint density at radius 3 is 2.58 bits per heavy atom. The maximum atomic E-state index is 12.1. The van der Waals surface area contributed by atoms with Crippen LogP contribution in [0.1, 0.15) is 16.7 Å². The third-order valence-electron chi connectivity index (χ3n) is 3.80. The van der Waals surface area contributed by atoms with Gasteiger partial charge in [-0.1, -0.05) is 24.3 Å². The van der Waals surface area contributed by atoms with Crippen molar-refractivity contribution in [1.29, 1.82) is 0 Å². The fraction of sp³-hybridized carbons (Fsp3) is 0.158. The molecule has 1 aromatic heterocycles. The van der Waals surface area contributed by atoms with Crippen LogP contribution in [-0.4, -0.2) is 11.0 Å². The highest BCUT2D eigenvalue weighted by Crippen LogP contribution is 2.26. The minimum absolute atomic E-state index is 0.290. The number of carbonyl (C=O) groups excluding carboxylic acids is 1. The van der Waals surface area contributed by atoms with Crippen LogP contribution < -0.4 is 10.6 Å². The van der Waals surface area contributed by atoms with Crippen molar-refractivity contribution in [3.05, 3.63) is 64.5 Å². The van der Waals surface area contributed by atoms with Crippen LogP contribution in [0.2, 0.25) is 0 Å². The molecule has 0 saturated heterocycles. The second-order valence-corrected chi connectivity index (χ2v) is 6.64. The second kappa shape index (κ2) is 6.84. The predicted molar refractivity (Wildman–Crippen MR) is 101 cm³/mol. The van der Waals surface area contributed by atoms with Crippen LogP contribution in [0.25, 0.3) is 11.3 Å². The Hall–Kier alpha value is -2.66. The van der Waals surface area contributed by atoms with Gasteiger partial charge < -0.3 is 5.32 Å². The van der Waals surface area contributed by atoms with Crippen LogP contribution in [0.5, 0.6) is 0 Å². The topological polar surface area (TPSA) is 54.0 Å². The molecule has 0 fully saturated rings. The van der Waals surface area contributed by atoms with Crippen molar-refractivity contribution in [2.75, 3.05) is 10.6 Å². The van der Waals surface area contributed by atoms with Crippen LogP contribution in [0, 0.1) is 20.8 Å². The minimum Gasteiger partial charge on any atom is -0.308 e. The molecule has 2 amide bonds. The van der Waals surface area contributed by atoms with Crippen LogP contribution in [0.15, 0.2) is 47.8 Å². The summed E-state index contributed by atoms with van der Waals surface area (Å²) in [6, 6.07) is 13.6. The van der Waals surface area contributed by atoms with E-state index in [1.807, 2.05) is 42.6 Å². The molecule has 0 saturated carbocycles. The number of nitrogens with zero attached hydrogens (tertiary/aromatic N) is 1. The second-order valence-electron chi connectivity index (χ2n) is 5.79. The Labute approximate surface area is 145 Å². The quantitative estimate of drug-likeness (QED) is 0.674. The van der Waals surface area contributed by atoms with Gasteiger partial charge in [-0.15, -0.1) is 11.3 Å². The van der Waals surface area contributed by atoms with Crippen LogP contribution in [0.3, 0.4) is 0 Å². The lowest BCUT2D eigenvalue weighted by molar-refractivity contribution is 0.262. The number of aryl methyl sites for hydroxylation is 3. The smallest absolute Gasteiger partial charge is 0.308 e. The van der Waals surface area contributed by atoms with Gasteiger partial charge in [0.05, 0.1) is 5.69 Å². The first-order chi connectivity index (χ1) is 11.5. The van der Waals surface area contributed by atoms with Gasteiger partial charge in [0.2, 0.25) is 0 Å². The molecule has 0 radical (unpaired) electrons. The molecule has 24 heavy (non-hydrogen) atoms. The van der Waals surface area contributed by atoms with Crippen molar-refractivity contribution in [1.82, 2.24) is 4.98 Å². The average Bonchev–Trinajstić information content (AvgIpc) is 2.98. The summed E-state index contributed by atoms with van der Waals surface area (Å²) in [5.74, 6) is 0. The van der Waals surface area contributed by atoms with Gasteiger partial charge in [0.15, 0.2) is 5.13 Å². The molecule has 4 nitrogen and oxygen atoms in total. The van der Waals surface area contributed by atoms with Gasteiger partial charge in [0, 0.05) is 16.6 Å². The molecule has 0 aliphatic carbocycles.